The summed E-state index contributed by atoms with van der Waals surface area (Å²) < 4.78 is 1.51. The zero-order valence-corrected chi connectivity index (χ0v) is 10.3. The third-order valence-corrected chi connectivity index (χ3v) is 3.22. The van der Waals surface area contributed by atoms with E-state index in [0.717, 1.165) is 19.5 Å². The number of hydrogen-bond acceptors (Lipinski definition) is 4. The van der Waals surface area contributed by atoms with E-state index in [1.807, 2.05) is 0 Å². The van der Waals surface area contributed by atoms with Crippen LogP contribution < -0.4 is 11.1 Å². The second kappa shape index (κ2) is 4.75. The van der Waals surface area contributed by atoms with E-state index in [4.69, 9.17) is 5.73 Å². The molecule has 1 aliphatic heterocycles. The van der Waals surface area contributed by atoms with Crippen LogP contribution in [0.15, 0.2) is 6.20 Å². The van der Waals surface area contributed by atoms with Crippen LogP contribution >= 0.6 is 0 Å². The molecule has 1 unspecified atom stereocenters. The van der Waals surface area contributed by atoms with Gasteiger partial charge in [-0.2, -0.15) is 5.10 Å². The summed E-state index contributed by atoms with van der Waals surface area (Å²) in [5, 5.41) is 6.87. The molecule has 1 aromatic heterocycles. The van der Waals surface area contributed by atoms with Crippen LogP contribution in [0.4, 0.5) is 5.69 Å². The molecule has 0 spiro atoms. The summed E-state index contributed by atoms with van der Waals surface area (Å²) in [4.78, 5) is 14.2. The molecule has 0 aliphatic carbocycles. The molecular formula is C11H19N5O. The van der Waals surface area contributed by atoms with Gasteiger partial charge in [0.1, 0.15) is 5.69 Å². The van der Waals surface area contributed by atoms with Gasteiger partial charge in [-0.3, -0.25) is 9.48 Å². The topological polar surface area (TPSA) is 76.2 Å². The Morgan fingerprint density at radius 3 is 2.94 bits per heavy atom. The van der Waals surface area contributed by atoms with E-state index in [1.165, 1.54) is 10.9 Å². The van der Waals surface area contributed by atoms with Crippen LogP contribution in [0, 0.1) is 5.92 Å². The molecule has 2 heterocycles. The van der Waals surface area contributed by atoms with Crippen molar-refractivity contribution in [2.24, 2.45) is 13.0 Å². The number of nitrogens with one attached hydrogen (secondary N) is 1. The molecule has 0 radical (unpaired) electrons. The van der Waals surface area contributed by atoms with E-state index in [1.54, 1.807) is 7.05 Å². The molecule has 0 saturated carbocycles. The Labute approximate surface area is 101 Å². The Morgan fingerprint density at radius 1 is 1.65 bits per heavy atom. The summed E-state index contributed by atoms with van der Waals surface area (Å²) in [6.07, 6.45) is 2.63. The number of hydrogen-bond donors (Lipinski definition) is 2. The highest BCUT2D eigenvalue weighted by Crippen LogP contribution is 2.14. The van der Waals surface area contributed by atoms with Gasteiger partial charge in [0.05, 0.1) is 11.9 Å². The molecule has 2 rings (SSSR count). The normalized spacial score (nSPS) is 20.7. The third kappa shape index (κ3) is 2.58. The SMILES string of the molecule is CN1CCC(CNC(=O)c2c(N)cnn2C)C1. The van der Waals surface area contributed by atoms with E-state index >= 15 is 0 Å². The van der Waals surface area contributed by atoms with Crippen molar-refractivity contribution in [3.05, 3.63) is 11.9 Å². The minimum Gasteiger partial charge on any atom is -0.396 e. The van der Waals surface area contributed by atoms with E-state index in [0.29, 0.717) is 23.8 Å². The van der Waals surface area contributed by atoms with Crippen molar-refractivity contribution in [2.75, 3.05) is 32.4 Å². The Morgan fingerprint density at radius 2 is 2.41 bits per heavy atom. The fraction of sp³-hybridized carbons (Fsp3) is 0.636. The Kier molecular flexibility index (Phi) is 3.33. The predicted molar refractivity (Wildman–Crippen MR) is 65.6 cm³/mol. The maximum Gasteiger partial charge on any atom is 0.271 e. The van der Waals surface area contributed by atoms with Crippen molar-refractivity contribution >= 4 is 11.6 Å². The van der Waals surface area contributed by atoms with Gasteiger partial charge in [0.2, 0.25) is 0 Å². The fourth-order valence-corrected chi connectivity index (χ4v) is 2.25. The van der Waals surface area contributed by atoms with Gasteiger partial charge in [-0.25, -0.2) is 0 Å². The predicted octanol–water partition coefficient (Wildman–Crippen LogP) is -0.316. The second-order valence-electron chi connectivity index (χ2n) is 4.70. The van der Waals surface area contributed by atoms with Crippen molar-refractivity contribution < 1.29 is 4.79 Å². The molecule has 0 bridgehead atoms. The highest BCUT2D eigenvalue weighted by molar-refractivity contribution is 5.97. The first-order valence-corrected chi connectivity index (χ1v) is 5.82. The molecule has 6 nitrogen and oxygen atoms in total. The number of carbonyl (C=O) groups is 1. The first-order chi connectivity index (χ1) is 8.08. The van der Waals surface area contributed by atoms with Gasteiger partial charge >= 0.3 is 0 Å². The number of aromatic nitrogens is 2. The van der Waals surface area contributed by atoms with Crippen LogP contribution in [0.3, 0.4) is 0 Å². The van der Waals surface area contributed by atoms with Crippen molar-refractivity contribution in [3.63, 3.8) is 0 Å². The Bertz CT molecular complexity index is 394. The molecule has 1 saturated heterocycles. The molecule has 1 atom stereocenters. The average Bonchev–Trinajstić information content (AvgIpc) is 2.83. The van der Waals surface area contributed by atoms with Gasteiger partial charge in [-0.1, -0.05) is 0 Å². The van der Waals surface area contributed by atoms with Gasteiger partial charge in [0.25, 0.3) is 5.91 Å². The average molecular weight is 237 g/mol. The second-order valence-corrected chi connectivity index (χ2v) is 4.70. The first kappa shape index (κ1) is 11.9. The van der Waals surface area contributed by atoms with E-state index in [9.17, 15) is 4.79 Å². The largest absolute Gasteiger partial charge is 0.396 e. The number of anilines is 1. The van der Waals surface area contributed by atoms with Gasteiger partial charge < -0.3 is 16.0 Å². The summed E-state index contributed by atoms with van der Waals surface area (Å²) in [7, 11) is 3.82. The number of aryl methyl sites for hydroxylation is 1. The van der Waals surface area contributed by atoms with Crippen LogP contribution in [0.2, 0.25) is 0 Å². The maximum absolute atomic E-state index is 11.9. The van der Waals surface area contributed by atoms with E-state index in [-0.39, 0.29) is 5.91 Å². The molecule has 3 N–H and O–H groups in total. The zero-order chi connectivity index (χ0) is 12.4. The number of nitrogens with two attached hydrogens (primary N) is 1. The number of nitrogen functional groups attached to an aromatic ring is 1. The molecule has 1 aliphatic rings. The smallest absolute Gasteiger partial charge is 0.271 e. The molecule has 1 aromatic rings. The summed E-state index contributed by atoms with van der Waals surface area (Å²) in [5.41, 5.74) is 6.56. The molecule has 94 valence electrons. The highest BCUT2D eigenvalue weighted by Gasteiger charge is 2.21. The molecule has 0 aromatic carbocycles. The Hall–Kier alpha value is -1.56. The fourth-order valence-electron chi connectivity index (χ4n) is 2.25. The summed E-state index contributed by atoms with van der Waals surface area (Å²) >= 11 is 0. The van der Waals surface area contributed by atoms with Crippen molar-refractivity contribution in [3.8, 4) is 0 Å². The molecule has 6 heteroatoms. The monoisotopic (exact) mass is 237 g/mol. The highest BCUT2D eigenvalue weighted by atomic mass is 16.2. The summed E-state index contributed by atoms with van der Waals surface area (Å²) in [6, 6.07) is 0. The summed E-state index contributed by atoms with van der Waals surface area (Å²) in [6.45, 7) is 2.85. The van der Waals surface area contributed by atoms with Gasteiger partial charge in [0, 0.05) is 20.1 Å². The standard InChI is InChI=1S/C11H19N5O/c1-15-4-3-8(7-15)5-13-11(17)10-9(12)6-14-16(10)2/h6,8H,3-5,7,12H2,1-2H3,(H,13,17). The number of likely N-dealkylation sites (tertiary alicyclic amines) is 1. The summed E-state index contributed by atoms with van der Waals surface area (Å²) in [5.74, 6) is 0.399. The lowest BCUT2D eigenvalue weighted by atomic mass is 10.1. The molecule has 17 heavy (non-hydrogen) atoms. The van der Waals surface area contributed by atoms with Crippen molar-refractivity contribution in [2.45, 2.75) is 6.42 Å². The van der Waals surface area contributed by atoms with Gasteiger partial charge in [-0.05, 0) is 25.9 Å². The minimum absolute atomic E-state index is 0.142. The number of nitrogens with zero attached hydrogens (tertiary/aromatic N) is 3. The van der Waals surface area contributed by atoms with Crippen LogP contribution in [-0.2, 0) is 7.05 Å². The number of rotatable bonds is 3. The van der Waals surface area contributed by atoms with Crippen LogP contribution in [0.1, 0.15) is 16.9 Å². The van der Waals surface area contributed by atoms with Gasteiger partial charge in [0.15, 0.2) is 0 Å². The van der Waals surface area contributed by atoms with Crippen LogP contribution in [0.5, 0.6) is 0 Å². The molecule has 1 amide bonds. The lowest BCUT2D eigenvalue weighted by Gasteiger charge is -2.12. The quantitative estimate of drug-likeness (QED) is 0.755. The zero-order valence-electron chi connectivity index (χ0n) is 10.3. The first-order valence-electron chi connectivity index (χ1n) is 5.82. The van der Waals surface area contributed by atoms with Crippen LogP contribution in [-0.4, -0.2) is 47.3 Å². The number of amides is 1. The number of carbonyl (C=O) groups excluding carboxylic acids is 1. The van der Waals surface area contributed by atoms with E-state index in [2.05, 4.69) is 22.4 Å². The minimum atomic E-state index is -0.142. The lowest BCUT2D eigenvalue weighted by molar-refractivity contribution is 0.0939. The van der Waals surface area contributed by atoms with Gasteiger partial charge in [-0.15, -0.1) is 0 Å². The Balaban J connectivity index is 1.90. The third-order valence-electron chi connectivity index (χ3n) is 3.22. The molecular weight excluding hydrogens is 218 g/mol. The maximum atomic E-state index is 11.9. The van der Waals surface area contributed by atoms with Crippen LogP contribution in [0.25, 0.3) is 0 Å². The van der Waals surface area contributed by atoms with Crippen molar-refractivity contribution in [1.29, 1.82) is 0 Å². The van der Waals surface area contributed by atoms with E-state index < -0.39 is 0 Å². The lowest BCUT2D eigenvalue weighted by Crippen LogP contribution is -2.32. The van der Waals surface area contributed by atoms with Crippen molar-refractivity contribution in [1.82, 2.24) is 20.0 Å². The molecule has 1 fully saturated rings.